The van der Waals surface area contributed by atoms with Crippen LogP contribution in [-0.2, 0) is 19.1 Å². The highest BCUT2D eigenvalue weighted by atomic mass is 16.5. The van der Waals surface area contributed by atoms with Crippen molar-refractivity contribution >= 4 is 17.8 Å². The predicted octanol–water partition coefficient (Wildman–Crippen LogP) is 0.187. The Morgan fingerprint density at radius 2 is 1.79 bits per heavy atom. The molecule has 0 spiro atoms. The molecule has 0 aromatic carbocycles. The average molecular weight is 268 g/mol. The van der Waals surface area contributed by atoms with Gasteiger partial charge >= 0.3 is 5.97 Å². The molecule has 106 valence electrons. The van der Waals surface area contributed by atoms with Crippen LogP contribution in [0, 0.1) is 0 Å². The van der Waals surface area contributed by atoms with Gasteiger partial charge in [-0.25, -0.2) is 4.79 Å². The number of nitrogens with zero attached hydrogens (tertiary/aromatic N) is 2. The summed E-state index contributed by atoms with van der Waals surface area (Å²) in [5, 5.41) is 0. The first-order valence-corrected chi connectivity index (χ1v) is 6.40. The molecule has 0 unspecified atom stereocenters. The Bertz CT molecular complexity index is 392. The molecular formula is C13H20N2O4. The van der Waals surface area contributed by atoms with Crippen LogP contribution >= 0.6 is 0 Å². The van der Waals surface area contributed by atoms with Gasteiger partial charge in [0.1, 0.15) is 6.54 Å². The number of piperazine rings is 1. The van der Waals surface area contributed by atoms with Gasteiger partial charge in [-0.05, 0) is 13.3 Å². The van der Waals surface area contributed by atoms with Crippen LogP contribution in [0.2, 0.25) is 0 Å². The summed E-state index contributed by atoms with van der Waals surface area (Å²) in [6, 6.07) is 0. The minimum atomic E-state index is -0.529. The van der Waals surface area contributed by atoms with Crippen molar-refractivity contribution in [3.8, 4) is 0 Å². The van der Waals surface area contributed by atoms with Gasteiger partial charge in [-0.3, -0.25) is 9.59 Å². The lowest BCUT2D eigenvalue weighted by molar-refractivity contribution is -0.150. The summed E-state index contributed by atoms with van der Waals surface area (Å²) in [5.74, 6) is -0.796. The predicted molar refractivity (Wildman–Crippen MR) is 69.2 cm³/mol. The zero-order valence-corrected chi connectivity index (χ0v) is 11.5. The van der Waals surface area contributed by atoms with E-state index in [-0.39, 0.29) is 43.6 Å². The molecule has 0 atom stereocenters. The van der Waals surface area contributed by atoms with Crippen molar-refractivity contribution in [1.29, 1.82) is 0 Å². The quantitative estimate of drug-likeness (QED) is 0.509. The largest absolute Gasteiger partial charge is 0.463 e. The third-order valence-electron chi connectivity index (χ3n) is 2.80. The molecule has 6 nitrogen and oxygen atoms in total. The zero-order valence-electron chi connectivity index (χ0n) is 11.5. The standard InChI is InChI=1S/C13H20N2O4/c1-4-6-14-8-12(17)15(9-11(14)16)7-10(3)13(18)19-5-2/h3-9H2,1-2H3. The number of hydrogen-bond donors (Lipinski definition) is 0. The highest BCUT2D eigenvalue weighted by molar-refractivity contribution is 5.94. The fourth-order valence-electron chi connectivity index (χ4n) is 1.85. The molecule has 0 aromatic rings. The van der Waals surface area contributed by atoms with Crippen molar-refractivity contribution in [3.63, 3.8) is 0 Å². The number of esters is 1. The van der Waals surface area contributed by atoms with E-state index in [0.717, 1.165) is 6.42 Å². The Morgan fingerprint density at radius 3 is 2.37 bits per heavy atom. The van der Waals surface area contributed by atoms with Gasteiger partial charge in [0.05, 0.1) is 19.7 Å². The molecular weight excluding hydrogens is 248 g/mol. The molecule has 1 aliphatic rings. The molecule has 2 amide bonds. The minimum Gasteiger partial charge on any atom is -0.463 e. The number of hydrogen-bond acceptors (Lipinski definition) is 4. The van der Waals surface area contributed by atoms with Crippen molar-refractivity contribution in [2.75, 3.05) is 32.8 Å². The van der Waals surface area contributed by atoms with Crippen molar-refractivity contribution < 1.29 is 19.1 Å². The van der Waals surface area contributed by atoms with Crippen molar-refractivity contribution in [1.82, 2.24) is 9.80 Å². The number of amides is 2. The molecule has 0 N–H and O–H groups in total. The van der Waals surface area contributed by atoms with Crippen LogP contribution in [0.5, 0.6) is 0 Å². The minimum absolute atomic E-state index is 0.00272. The third-order valence-corrected chi connectivity index (χ3v) is 2.80. The van der Waals surface area contributed by atoms with Crippen molar-refractivity contribution in [2.24, 2.45) is 0 Å². The fraction of sp³-hybridized carbons (Fsp3) is 0.615. The SMILES string of the molecule is C=C(CN1CC(=O)N(CCC)CC1=O)C(=O)OCC. The van der Waals surface area contributed by atoms with Crippen molar-refractivity contribution in [3.05, 3.63) is 12.2 Å². The van der Waals surface area contributed by atoms with E-state index in [4.69, 9.17) is 4.74 Å². The topological polar surface area (TPSA) is 66.9 Å². The van der Waals surface area contributed by atoms with Gasteiger partial charge in [0.25, 0.3) is 0 Å². The van der Waals surface area contributed by atoms with E-state index in [2.05, 4.69) is 6.58 Å². The van der Waals surface area contributed by atoms with E-state index in [0.29, 0.717) is 6.54 Å². The Morgan fingerprint density at radius 1 is 1.21 bits per heavy atom. The van der Waals surface area contributed by atoms with E-state index in [1.54, 1.807) is 6.92 Å². The summed E-state index contributed by atoms with van der Waals surface area (Å²) in [6.45, 7) is 8.19. The average Bonchev–Trinajstić information content (AvgIpc) is 2.35. The van der Waals surface area contributed by atoms with Crippen molar-refractivity contribution in [2.45, 2.75) is 20.3 Å². The first-order chi connectivity index (χ1) is 8.99. The van der Waals surface area contributed by atoms with Crippen LogP contribution in [-0.4, -0.2) is 60.4 Å². The maximum Gasteiger partial charge on any atom is 0.335 e. The Hall–Kier alpha value is -1.85. The van der Waals surface area contributed by atoms with Crippen LogP contribution in [0.25, 0.3) is 0 Å². The summed E-state index contributed by atoms with van der Waals surface area (Å²) in [5.41, 5.74) is 0.187. The smallest absolute Gasteiger partial charge is 0.335 e. The molecule has 6 heteroatoms. The summed E-state index contributed by atoms with van der Waals surface area (Å²) < 4.78 is 4.80. The maximum absolute atomic E-state index is 11.9. The fourth-order valence-corrected chi connectivity index (χ4v) is 1.85. The van der Waals surface area contributed by atoms with Gasteiger partial charge in [-0.15, -0.1) is 0 Å². The second-order valence-corrected chi connectivity index (χ2v) is 4.39. The highest BCUT2D eigenvalue weighted by Crippen LogP contribution is 2.08. The Balaban J connectivity index is 2.57. The van der Waals surface area contributed by atoms with Gasteiger partial charge < -0.3 is 14.5 Å². The van der Waals surface area contributed by atoms with Crippen LogP contribution in [0.4, 0.5) is 0 Å². The Kier molecular flexibility index (Phi) is 5.54. The van der Waals surface area contributed by atoms with E-state index < -0.39 is 5.97 Å². The van der Waals surface area contributed by atoms with Gasteiger partial charge in [0, 0.05) is 12.1 Å². The lowest BCUT2D eigenvalue weighted by Gasteiger charge is -2.33. The molecule has 1 rings (SSSR count). The van der Waals surface area contributed by atoms with Crippen LogP contribution in [0.1, 0.15) is 20.3 Å². The van der Waals surface area contributed by atoms with E-state index >= 15 is 0 Å². The molecule has 0 aromatic heterocycles. The monoisotopic (exact) mass is 268 g/mol. The molecule has 0 aliphatic carbocycles. The second-order valence-electron chi connectivity index (χ2n) is 4.39. The molecule has 0 radical (unpaired) electrons. The first-order valence-electron chi connectivity index (χ1n) is 6.40. The number of ether oxygens (including phenoxy) is 1. The highest BCUT2D eigenvalue weighted by Gasteiger charge is 2.30. The number of carbonyl (C=O) groups is 3. The van der Waals surface area contributed by atoms with Crippen LogP contribution in [0.15, 0.2) is 12.2 Å². The third kappa shape index (κ3) is 4.08. The summed E-state index contributed by atoms with van der Waals surface area (Å²) >= 11 is 0. The normalized spacial score (nSPS) is 15.7. The molecule has 1 fully saturated rings. The molecule has 1 heterocycles. The summed E-state index contributed by atoms with van der Waals surface area (Å²) in [4.78, 5) is 38.0. The van der Waals surface area contributed by atoms with Gasteiger partial charge in [0.2, 0.25) is 11.8 Å². The molecule has 1 aliphatic heterocycles. The molecule has 1 saturated heterocycles. The van der Waals surface area contributed by atoms with E-state index in [9.17, 15) is 14.4 Å². The van der Waals surface area contributed by atoms with E-state index in [1.807, 2.05) is 6.92 Å². The molecule has 0 saturated carbocycles. The summed E-state index contributed by atoms with van der Waals surface area (Å²) in [6.07, 6.45) is 0.814. The van der Waals surface area contributed by atoms with Gasteiger partial charge in [-0.1, -0.05) is 13.5 Å². The zero-order chi connectivity index (χ0) is 14.4. The summed E-state index contributed by atoms with van der Waals surface area (Å²) in [7, 11) is 0. The lowest BCUT2D eigenvalue weighted by Crippen LogP contribution is -2.54. The molecule has 19 heavy (non-hydrogen) atoms. The molecule has 0 bridgehead atoms. The number of carbonyl (C=O) groups excluding carboxylic acids is 3. The maximum atomic E-state index is 11.9. The lowest BCUT2D eigenvalue weighted by atomic mass is 10.2. The first kappa shape index (κ1) is 15.2. The van der Waals surface area contributed by atoms with Gasteiger partial charge in [-0.2, -0.15) is 0 Å². The van der Waals surface area contributed by atoms with Crippen LogP contribution < -0.4 is 0 Å². The van der Waals surface area contributed by atoms with Crippen LogP contribution in [0.3, 0.4) is 0 Å². The number of rotatable bonds is 6. The van der Waals surface area contributed by atoms with Gasteiger partial charge in [0.15, 0.2) is 0 Å². The Labute approximate surface area is 113 Å². The second kappa shape index (κ2) is 6.92. The van der Waals surface area contributed by atoms with E-state index in [1.165, 1.54) is 9.80 Å².